The van der Waals surface area contributed by atoms with Crippen LogP contribution in [0.3, 0.4) is 0 Å². The Morgan fingerprint density at radius 1 is 1.14 bits per heavy atom. The number of thioether (sulfide) groups is 1. The second-order valence-corrected chi connectivity index (χ2v) is 9.57. The van der Waals surface area contributed by atoms with Gasteiger partial charge in [0.25, 0.3) is 11.1 Å². The van der Waals surface area contributed by atoms with Crippen molar-refractivity contribution in [2.75, 3.05) is 12.4 Å². The quantitative estimate of drug-likeness (QED) is 0.590. The number of ether oxygens (including phenoxy) is 1. The number of nitrogens with one attached hydrogen (secondary N) is 1. The minimum absolute atomic E-state index is 0.0504. The van der Waals surface area contributed by atoms with Crippen LogP contribution in [0.1, 0.15) is 38.5 Å². The molecule has 4 aliphatic rings. The predicted molar refractivity (Wildman–Crippen MR) is 105 cm³/mol. The van der Waals surface area contributed by atoms with Crippen LogP contribution in [0.5, 0.6) is 0 Å². The van der Waals surface area contributed by atoms with Gasteiger partial charge in [-0.25, -0.2) is 4.98 Å². The number of para-hydroxylation sites is 2. The molecular formula is C21H24N2O4S. The van der Waals surface area contributed by atoms with Crippen LogP contribution < -0.4 is 5.32 Å². The highest BCUT2D eigenvalue weighted by Crippen LogP contribution is 2.55. The van der Waals surface area contributed by atoms with Gasteiger partial charge in [-0.3, -0.25) is 9.59 Å². The Hall–Kier alpha value is -2.02. The van der Waals surface area contributed by atoms with E-state index < -0.39 is 5.97 Å². The lowest BCUT2D eigenvalue weighted by Crippen LogP contribution is -2.60. The Labute approximate surface area is 167 Å². The normalized spacial score (nSPS) is 30.5. The fourth-order valence-electron chi connectivity index (χ4n) is 5.82. The molecule has 0 unspecified atom stereocenters. The second-order valence-electron chi connectivity index (χ2n) is 8.64. The van der Waals surface area contributed by atoms with E-state index in [1.807, 2.05) is 24.3 Å². The van der Waals surface area contributed by atoms with Gasteiger partial charge in [-0.2, -0.15) is 0 Å². The fraction of sp³-hybridized carbons (Fsp3) is 0.571. The largest absolute Gasteiger partial charge is 0.455 e. The third-order valence-corrected chi connectivity index (χ3v) is 7.20. The number of carbonyl (C=O) groups is 2. The highest BCUT2D eigenvalue weighted by molar-refractivity contribution is 7.99. The SMILES string of the molecule is O=C(COC(=O)CSc1nc2ccccc2o1)NC12CC3CC(CC(C3)C1)C2. The monoisotopic (exact) mass is 400 g/mol. The summed E-state index contributed by atoms with van der Waals surface area (Å²) < 4.78 is 10.7. The van der Waals surface area contributed by atoms with Crippen molar-refractivity contribution in [1.82, 2.24) is 10.3 Å². The molecule has 1 amide bonds. The van der Waals surface area contributed by atoms with Crippen LogP contribution in [-0.2, 0) is 14.3 Å². The molecule has 7 heteroatoms. The first-order valence-corrected chi connectivity index (χ1v) is 11.0. The van der Waals surface area contributed by atoms with Gasteiger partial charge in [-0.05, 0) is 68.4 Å². The van der Waals surface area contributed by atoms with Crippen LogP contribution in [0, 0.1) is 17.8 Å². The van der Waals surface area contributed by atoms with Crippen molar-refractivity contribution < 1.29 is 18.7 Å². The number of fused-ring (bicyclic) bond motifs is 1. The number of aromatic nitrogens is 1. The van der Waals surface area contributed by atoms with Crippen LogP contribution in [0.25, 0.3) is 11.1 Å². The van der Waals surface area contributed by atoms with E-state index in [0.29, 0.717) is 10.8 Å². The maximum Gasteiger partial charge on any atom is 0.316 e. The van der Waals surface area contributed by atoms with Crippen molar-refractivity contribution in [2.24, 2.45) is 17.8 Å². The molecule has 6 nitrogen and oxygen atoms in total. The van der Waals surface area contributed by atoms with Gasteiger partial charge in [0.15, 0.2) is 12.2 Å². The summed E-state index contributed by atoms with van der Waals surface area (Å²) in [5.41, 5.74) is 1.40. The Morgan fingerprint density at radius 2 is 1.82 bits per heavy atom. The van der Waals surface area contributed by atoms with Gasteiger partial charge in [0.1, 0.15) is 11.3 Å². The smallest absolute Gasteiger partial charge is 0.316 e. The summed E-state index contributed by atoms with van der Waals surface area (Å²) in [6, 6.07) is 7.45. The molecule has 4 bridgehead atoms. The molecule has 28 heavy (non-hydrogen) atoms. The number of nitrogens with zero attached hydrogens (tertiary/aromatic N) is 1. The molecule has 4 aliphatic carbocycles. The molecule has 0 aliphatic heterocycles. The second kappa shape index (κ2) is 7.10. The zero-order valence-corrected chi connectivity index (χ0v) is 16.5. The Balaban J connectivity index is 1.09. The van der Waals surface area contributed by atoms with Crippen LogP contribution >= 0.6 is 11.8 Å². The molecule has 1 N–H and O–H groups in total. The van der Waals surface area contributed by atoms with E-state index in [1.54, 1.807) is 0 Å². The molecule has 6 rings (SSSR count). The third-order valence-electron chi connectivity index (χ3n) is 6.39. The van der Waals surface area contributed by atoms with Crippen LogP contribution in [-0.4, -0.2) is 34.8 Å². The average Bonchev–Trinajstić information content (AvgIpc) is 3.06. The highest BCUT2D eigenvalue weighted by Gasteiger charge is 2.51. The summed E-state index contributed by atoms with van der Waals surface area (Å²) in [4.78, 5) is 28.7. The van der Waals surface area contributed by atoms with Gasteiger partial charge in [0, 0.05) is 5.54 Å². The van der Waals surface area contributed by atoms with Crippen LogP contribution in [0.2, 0.25) is 0 Å². The van der Waals surface area contributed by atoms with Gasteiger partial charge < -0.3 is 14.5 Å². The molecule has 0 spiro atoms. The van der Waals surface area contributed by atoms with E-state index in [4.69, 9.17) is 9.15 Å². The van der Waals surface area contributed by atoms with Gasteiger partial charge in [0.05, 0.1) is 0 Å². The first-order chi connectivity index (χ1) is 13.6. The molecule has 4 saturated carbocycles. The van der Waals surface area contributed by atoms with Crippen molar-refractivity contribution in [2.45, 2.75) is 49.3 Å². The molecule has 1 heterocycles. The number of oxazole rings is 1. The lowest BCUT2D eigenvalue weighted by Gasteiger charge is -2.56. The number of benzene rings is 1. The minimum Gasteiger partial charge on any atom is -0.455 e. The summed E-state index contributed by atoms with van der Waals surface area (Å²) in [5.74, 6) is 1.75. The number of esters is 1. The van der Waals surface area contributed by atoms with Gasteiger partial charge in [-0.15, -0.1) is 0 Å². The molecule has 4 fully saturated rings. The molecular weight excluding hydrogens is 376 g/mol. The lowest BCUT2D eigenvalue weighted by atomic mass is 9.53. The molecule has 2 aromatic rings. The van der Waals surface area contributed by atoms with E-state index in [0.717, 1.165) is 42.5 Å². The fourth-order valence-corrected chi connectivity index (χ4v) is 6.45. The summed E-state index contributed by atoms with van der Waals surface area (Å²) in [6.45, 7) is -0.214. The van der Waals surface area contributed by atoms with Crippen molar-refractivity contribution in [3.05, 3.63) is 24.3 Å². The Bertz CT molecular complexity index is 840. The minimum atomic E-state index is -0.437. The van der Waals surface area contributed by atoms with E-state index in [9.17, 15) is 9.59 Å². The number of rotatable bonds is 6. The molecule has 148 valence electrons. The molecule has 0 saturated heterocycles. The summed E-state index contributed by atoms with van der Waals surface area (Å²) in [5, 5.41) is 3.64. The zero-order chi connectivity index (χ0) is 19.1. The molecule has 1 aromatic carbocycles. The van der Waals surface area contributed by atoms with E-state index in [-0.39, 0.29) is 23.8 Å². The van der Waals surface area contributed by atoms with Crippen LogP contribution in [0.15, 0.2) is 33.9 Å². The molecule has 0 atom stereocenters. The van der Waals surface area contributed by atoms with Gasteiger partial charge in [0.2, 0.25) is 0 Å². The summed E-state index contributed by atoms with van der Waals surface area (Å²) >= 11 is 1.18. The standard InChI is InChI=1S/C21H24N2O4S/c24-18(23-21-8-13-5-14(9-21)7-15(6-13)10-21)11-26-19(25)12-28-20-22-16-3-1-2-4-17(16)27-20/h1-4,13-15H,5-12H2,(H,23,24). The van der Waals surface area contributed by atoms with Crippen LogP contribution in [0.4, 0.5) is 0 Å². The average molecular weight is 401 g/mol. The first-order valence-electron chi connectivity index (χ1n) is 10.0. The number of hydrogen-bond acceptors (Lipinski definition) is 6. The Morgan fingerprint density at radius 3 is 2.50 bits per heavy atom. The van der Waals surface area contributed by atoms with E-state index in [2.05, 4.69) is 10.3 Å². The topological polar surface area (TPSA) is 81.4 Å². The van der Waals surface area contributed by atoms with Crippen molar-refractivity contribution in [3.63, 3.8) is 0 Å². The Kier molecular flexibility index (Phi) is 4.57. The molecule has 1 aromatic heterocycles. The van der Waals surface area contributed by atoms with E-state index in [1.165, 1.54) is 31.0 Å². The third kappa shape index (κ3) is 3.64. The predicted octanol–water partition coefficient (Wildman–Crippen LogP) is 3.55. The van der Waals surface area contributed by atoms with Crippen molar-refractivity contribution in [3.8, 4) is 0 Å². The zero-order valence-electron chi connectivity index (χ0n) is 15.7. The molecule has 0 radical (unpaired) electrons. The number of hydrogen-bond donors (Lipinski definition) is 1. The van der Waals surface area contributed by atoms with E-state index >= 15 is 0 Å². The van der Waals surface area contributed by atoms with Crippen molar-refractivity contribution in [1.29, 1.82) is 0 Å². The highest BCUT2D eigenvalue weighted by atomic mass is 32.2. The maximum atomic E-state index is 12.4. The van der Waals surface area contributed by atoms with Gasteiger partial charge in [-0.1, -0.05) is 23.9 Å². The maximum absolute atomic E-state index is 12.4. The summed E-state index contributed by atoms with van der Waals surface area (Å²) in [6.07, 6.45) is 7.26. The number of carbonyl (C=O) groups excluding carboxylic acids is 2. The first kappa shape index (κ1) is 18.0. The number of amides is 1. The van der Waals surface area contributed by atoms with Crippen molar-refractivity contribution >= 4 is 34.7 Å². The van der Waals surface area contributed by atoms with Gasteiger partial charge >= 0.3 is 5.97 Å². The lowest BCUT2D eigenvalue weighted by molar-refractivity contribution is -0.147. The summed E-state index contributed by atoms with van der Waals surface area (Å²) in [7, 11) is 0.